The van der Waals surface area contributed by atoms with Crippen LogP contribution in [0.5, 0.6) is 0 Å². The van der Waals surface area contributed by atoms with Crippen molar-refractivity contribution >= 4 is 27.0 Å². The zero-order chi connectivity index (χ0) is 20.6. The van der Waals surface area contributed by atoms with Crippen LogP contribution in [0.1, 0.15) is 24.4 Å². The van der Waals surface area contributed by atoms with Gasteiger partial charge in [0.25, 0.3) is 0 Å². The van der Waals surface area contributed by atoms with Gasteiger partial charge in [-0.25, -0.2) is 13.2 Å². The van der Waals surface area contributed by atoms with Gasteiger partial charge in [0.15, 0.2) is 5.58 Å². The normalized spacial score (nSPS) is 18.2. The highest BCUT2D eigenvalue weighted by Gasteiger charge is 2.33. The van der Waals surface area contributed by atoms with Crippen LogP contribution >= 0.6 is 0 Å². The number of aromatic amines is 1. The number of H-pyrrole nitrogens is 1. The van der Waals surface area contributed by atoms with Crippen LogP contribution in [0.15, 0.2) is 48.9 Å². The fourth-order valence-electron chi connectivity index (χ4n) is 3.51. The number of aryl methyl sites for hydroxylation is 1. The Labute approximate surface area is 166 Å². The minimum atomic E-state index is -3.82. The molecule has 0 aliphatic carbocycles. The predicted molar refractivity (Wildman–Crippen MR) is 104 cm³/mol. The highest BCUT2D eigenvalue weighted by molar-refractivity contribution is 7.89. The smallest absolute Gasteiger partial charge is 0.417 e. The third kappa shape index (κ3) is 3.99. The van der Waals surface area contributed by atoms with E-state index in [4.69, 9.17) is 8.83 Å². The number of carbonyl (C=O) groups excluding carboxylic acids is 1. The number of piperidine rings is 1. The summed E-state index contributed by atoms with van der Waals surface area (Å²) in [6.07, 6.45) is 1.19. The third-order valence-corrected chi connectivity index (χ3v) is 6.88. The Morgan fingerprint density at radius 3 is 2.86 bits per heavy atom. The summed E-state index contributed by atoms with van der Waals surface area (Å²) in [6, 6.07) is 7.85. The maximum Gasteiger partial charge on any atom is 0.417 e. The SMILES string of the molecule is Cc1ccc(CNC(=O)C2CCCN(S(=O)(=O)c3ccc4[nH]c(=O)oc4c3)C2)o1. The lowest BCUT2D eigenvalue weighted by molar-refractivity contribution is -0.126. The van der Waals surface area contributed by atoms with Gasteiger partial charge in [0.2, 0.25) is 15.9 Å². The molecule has 0 radical (unpaired) electrons. The lowest BCUT2D eigenvalue weighted by Crippen LogP contribution is -2.45. The number of fused-ring (bicyclic) bond motifs is 1. The Bertz CT molecular complexity index is 1210. The van der Waals surface area contributed by atoms with E-state index in [-0.39, 0.29) is 29.5 Å². The molecule has 0 saturated carbocycles. The quantitative estimate of drug-likeness (QED) is 0.649. The van der Waals surface area contributed by atoms with Gasteiger partial charge in [-0.3, -0.25) is 9.78 Å². The zero-order valence-electron chi connectivity index (χ0n) is 15.8. The van der Waals surface area contributed by atoms with Crippen molar-refractivity contribution in [1.29, 1.82) is 0 Å². The number of benzene rings is 1. The molecule has 3 aromatic rings. The van der Waals surface area contributed by atoms with E-state index in [1.807, 2.05) is 13.0 Å². The predicted octanol–water partition coefficient (Wildman–Crippen LogP) is 1.74. The van der Waals surface area contributed by atoms with Gasteiger partial charge in [-0.15, -0.1) is 0 Å². The first-order valence-electron chi connectivity index (χ1n) is 9.29. The van der Waals surface area contributed by atoms with Crippen molar-refractivity contribution in [1.82, 2.24) is 14.6 Å². The van der Waals surface area contributed by atoms with E-state index in [9.17, 15) is 18.0 Å². The van der Waals surface area contributed by atoms with E-state index in [1.165, 1.54) is 22.5 Å². The Hall–Kier alpha value is -2.85. The Morgan fingerprint density at radius 1 is 1.28 bits per heavy atom. The monoisotopic (exact) mass is 419 g/mol. The van der Waals surface area contributed by atoms with Crippen molar-refractivity contribution < 1.29 is 22.0 Å². The van der Waals surface area contributed by atoms with Crippen molar-refractivity contribution in [2.45, 2.75) is 31.2 Å². The number of rotatable bonds is 5. The molecular formula is C19H21N3O6S. The first-order valence-corrected chi connectivity index (χ1v) is 10.7. The largest absolute Gasteiger partial charge is 0.465 e. The molecule has 1 aliphatic heterocycles. The number of hydrogen-bond donors (Lipinski definition) is 2. The number of aromatic nitrogens is 1. The van der Waals surface area contributed by atoms with Gasteiger partial charge in [0.1, 0.15) is 11.5 Å². The molecule has 3 heterocycles. The zero-order valence-corrected chi connectivity index (χ0v) is 16.6. The average molecular weight is 419 g/mol. The van der Waals surface area contributed by atoms with E-state index in [2.05, 4.69) is 10.3 Å². The number of furan rings is 1. The molecule has 1 unspecified atom stereocenters. The van der Waals surface area contributed by atoms with Crippen LogP contribution in [0.2, 0.25) is 0 Å². The molecule has 10 heteroatoms. The second kappa shape index (κ2) is 7.53. The molecule has 2 aromatic heterocycles. The van der Waals surface area contributed by atoms with Crippen LogP contribution in [0, 0.1) is 12.8 Å². The topological polar surface area (TPSA) is 126 Å². The number of amides is 1. The molecule has 1 fully saturated rings. The summed E-state index contributed by atoms with van der Waals surface area (Å²) in [7, 11) is -3.82. The van der Waals surface area contributed by atoms with E-state index < -0.39 is 21.7 Å². The number of oxazole rings is 1. The molecule has 2 N–H and O–H groups in total. The molecule has 29 heavy (non-hydrogen) atoms. The van der Waals surface area contributed by atoms with E-state index >= 15 is 0 Å². The van der Waals surface area contributed by atoms with Crippen molar-refractivity contribution in [3.63, 3.8) is 0 Å². The second-order valence-electron chi connectivity index (χ2n) is 7.10. The average Bonchev–Trinajstić information content (AvgIpc) is 3.29. The third-order valence-electron chi connectivity index (χ3n) is 5.02. The van der Waals surface area contributed by atoms with Crippen molar-refractivity contribution in [2.75, 3.05) is 13.1 Å². The minimum Gasteiger partial charge on any atom is -0.465 e. The lowest BCUT2D eigenvalue weighted by Gasteiger charge is -2.31. The summed E-state index contributed by atoms with van der Waals surface area (Å²) in [6.45, 7) is 2.52. The molecule has 154 valence electrons. The number of sulfonamides is 1. The summed E-state index contributed by atoms with van der Waals surface area (Å²) < 4.78 is 37.8. The van der Waals surface area contributed by atoms with Crippen LogP contribution < -0.4 is 11.1 Å². The van der Waals surface area contributed by atoms with Crippen LogP contribution in [0.4, 0.5) is 0 Å². The van der Waals surface area contributed by atoms with Gasteiger partial charge in [-0.1, -0.05) is 0 Å². The van der Waals surface area contributed by atoms with E-state index in [0.717, 1.165) is 5.76 Å². The van der Waals surface area contributed by atoms with Crippen LogP contribution in [0.3, 0.4) is 0 Å². The maximum absolute atomic E-state index is 13.0. The van der Waals surface area contributed by atoms with Crippen molar-refractivity contribution in [3.8, 4) is 0 Å². The van der Waals surface area contributed by atoms with Gasteiger partial charge in [-0.2, -0.15) is 4.31 Å². The lowest BCUT2D eigenvalue weighted by atomic mass is 9.99. The Balaban J connectivity index is 1.47. The Morgan fingerprint density at radius 2 is 2.10 bits per heavy atom. The fourth-order valence-corrected chi connectivity index (χ4v) is 5.05. The van der Waals surface area contributed by atoms with Crippen LogP contribution in [-0.2, 0) is 21.4 Å². The summed E-state index contributed by atoms with van der Waals surface area (Å²) in [5.41, 5.74) is 0.606. The van der Waals surface area contributed by atoms with Gasteiger partial charge >= 0.3 is 5.76 Å². The fraction of sp³-hybridized carbons (Fsp3) is 0.368. The first kappa shape index (κ1) is 19.5. The minimum absolute atomic E-state index is 0.0277. The summed E-state index contributed by atoms with van der Waals surface area (Å²) >= 11 is 0. The van der Waals surface area contributed by atoms with Crippen LogP contribution in [0.25, 0.3) is 11.1 Å². The second-order valence-corrected chi connectivity index (χ2v) is 9.04. The van der Waals surface area contributed by atoms with E-state index in [0.29, 0.717) is 30.7 Å². The number of nitrogens with one attached hydrogen (secondary N) is 2. The molecule has 9 nitrogen and oxygen atoms in total. The summed E-state index contributed by atoms with van der Waals surface area (Å²) in [5.74, 6) is 0.127. The standard InChI is InChI=1S/C19H21N3O6S/c1-12-4-5-14(27-12)10-20-18(23)13-3-2-8-22(11-13)29(25,26)15-6-7-16-17(9-15)28-19(24)21-16/h4-7,9,13H,2-3,8,10-11H2,1H3,(H,20,23)(H,21,24). The van der Waals surface area contributed by atoms with E-state index in [1.54, 1.807) is 6.07 Å². The molecule has 1 atom stereocenters. The molecule has 1 aromatic carbocycles. The Kier molecular flexibility index (Phi) is 5.05. The molecular weight excluding hydrogens is 398 g/mol. The maximum atomic E-state index is 13.0. The highest BCUT2D eigenvalue weighted by Crippen LogP contribution is 2.25. The summed E-state index contributed by atoms with van der Waals surface area (Å²) in [4.78, 5) is 26.3. The molecule has 1 aliphatic rings. The van der Waals surface area contributed by atoms with Crippen molar-refractivity contribution in [2.24, 2.45) is 5.92 Å². The number of carbonyl (C=O) groups is 1. The van der Waals surface area contributed by atoms with Gasteiger partial charge in [0.05, 0.1) is 22.9 Å². The molecule has 0 bridgehead atoms. The molecule has 1 saturated heterocycles. The number of nitrogens with zero attached hydrogens (tertiary/aromatic N) is 1. The van der Waals surface area contributed by atoms with Gasteiger partial charge in [-0.05, 0) is 44.0 Å². The number of hydrogen-bond acceptors (Lipinski definition) is 6. The van der Waals surface area contributed by atoms with Gasteiger partial charge < -0.3 is 14.2 Å². The molecule has 1 amide bonds. The summed E-state index contributed by atoms with van der Waals surface area (Å²) in [5, 5.41) is 2.81. The van der Waals surface area contributed by atoms with Crippen LogP contribution in [-0.4, -0.2) is 36.7 Å². The molecule has 4 rings (SSSR count). The molecule has 0 spiro atoms. The van der Waals surface area contributed by atoms with Crippen molar-refractivity contribution in [3.05, 3.63) is 52.4 Å². The first-order chi connectivity index (χ1) is 13.8. The van der Waals surface area contributed by atoms with Gasteiger partial charge in [0, 0.05) is 19.2 Å². The highest BCUT2D eigenvalue weighted by atomic mass is 32.2.